The average molecular weight is 265 g/mol. The Morgan fingerprint density at radius 2 is 2.05 bits per heavy atom. The highest BCUT2D eigenvalue weighted by Crippen LogP contribution is 2.28. The first-order valence-electron chi connectivity index (χ1n) is 7.24. The standard InChI is InChI=1S/C15H24FN3/c1-3-19(14-7-5-13(17)6-8-14)11(2)15-9-4-12(16)10-18-15/h4,9-11,13-14H,3,5-8,17H2,1-2H3. The van der Waals surface area contributed by atoms with E-state index in [-0.39, 0.29) is 11.9 Å². The predicted octanol–water partition coefficient (Wildman–Crippen LogP) is 2.87. The first-order valence-corrected chi connectivity index (χ1v) is 7.24. The molecule has 106 valence electrons. The van der Waals surface area contributed by atoms with Gasteiger partial charge in [0.2, 0.25) is 0 Å². The summed E-state index contributed by atoms with van der Waals surface area (Å²) in [6.45, 7) is 5.31. The van der Waals surface area contributed by atoms with Gasteiger partial charge in [-0.3, -0.25) is 9.88 Å². The van der Waals surface area contributed by atoms with E-state index in [1.54, 1.807) is 6.07 Å². The summed E-state index contributed by atoms with van der Waals surface area (Å²) < 4.78 is 12.9. The van der Waals surface area contributed by atoms with Crippen molar-refractivity contribution >= 4 is 0 Å². The summed E-state index contributed by atoms with van der Waals surface area (Å²) in [6, 6.07) is 4.45. The third kappa shape index (κ3) is 3.51. The van der Waals surface area contributed by atoms with Crippen molar-refractivity contribution < 1.29 is 4.39 Å². The Hall–Kier alpha value is -1.00. The van der Waals surface area contributed by atoms with Crippen LogP contribution in [0.2, 0.25) is 0 Å². The molecular formula is C15H24FN3. The lowest BCUT2D eigenvalue weighted by Gasteiger charge is -2.39. The van der Waals surface area contributed by atoms with E-state index in [4.69, 9.17) is 5.73 Å². The van der Waals surface area contributed by atoms with E-state index in [9.17, 15) is 4.39 Å². The quantitative estimate of drug-likeness (QED) is 0.910. The third-order valence-corrected chi connectivity index (χ3v) is 4.25. The summed E-state index contributed by atoms with van der Waals surface area (Å²) in [4.78, 5) is 6.68. The van der Waals surface area contributed by atoms with Crippen molar-refractivity contribution in [2.45, 2.75) is 57.7 Å². The second-order valence-corrected chi connectivity index (χ2v) is 5.48. The van der Waals surface area contributed by atoms with Crippen LogP contribution in [0.4, 0.5) is 4.39 Å². The smallest absolute Gasteiger partial charge is 0.141 e. The van der Waals surface area contributed by atoms with Crippen LogP contribution in [-0.4, -0.2) is 28.5 Å². The first-order chi connectivity index (χ1) is 9.11. The maximum Gasteiger partial charge on any atom is 0.141 e. The number of aromatic nitrogens is 1. The van der Waals surface area contributed by atoms with Gasteiger partial charge < -0.3 is 5.73 Å². The van der Waals surface area contributed by atoms with Crippen molar-refractivity contribution in [3.05, 3.63) is 29.8 Å². The van der Waals surface area contributed by atoms with Gasteiger partial charge in [0.1, 0.15) is 5.82 Å². The van der Waals surface area contributed by atoms with Gasteiger partial charge in [0.05, 0.1) is 11.9 Å². The molecule has 0 aromatic carbocycles. The molecule has 0 bridgehead atoms. The van der Waals surface area contributed by atoms with E-state index in [1.807, 2.05) is 0 Å². The fourth-order valence-electron chi connectivity index (χ4n) is 3.09. The van der Waals surface area contributed by atoms with Gasteiger partial charge in [0, 0.05) is 18.1 Å². The van der Waals surface area contributed by atoms with Gasteiger partial charge in [-0.2, -0.15) is 0 Å². The number of halogens is 1. The largest absolute Gasteiger partial charge is 0.328 e. The van der Waals surface area contributed by atoms with E-state index in [0.29, 0.717) is 12.1 Å². The lowest BCUT2D eigenvalue weighted by Crippen LogP contribution is -2.42. The zero-order chi connectivity index (χ0) is 13.8. The van der Waals surface area contributed by atoms with Crippen molar-refractivity contribution in [1.82, 2.24) is 9.88 Å². The minimum Gasteiger partial charge on any atom is -0.328 e. The lowest BCUT2D eigenvalue weighted by molar-refractivity contribution is 0.112. The average Bonchev–Trinajstić information content (AvgIpc) is 2.42. The molecule has 1 aromatic rings. The highest BCUT2D eigenvalue weighted by molar-refractivity contribution is 5.09. The number of nitrogens with two attached hydrogens (primary N) is 1. The van der Waals surface area contributed by atoms with E-state index >= 15 is 0 Å². The molecule has 1 heterocycles. The molecule has 1 atom stereocenters. The Balaban J connectivity index is 2.06. The molecule has 0 amide bonds. The molecule has 0 spiro atoms. The van der Waals surface area contributed by atoms with Crippen LogP contribution in [0, 0.1) is 5.82 Å². The molecule has 1 saturated carbocycles. The molecule has 1 unspecified atom stereocenters. The van der Waals surface area contributed by atoms with Gasteiger partial charge in [-0.15, -0.1) is 0 Å². The Bertz CT molecular complexity index is 385. The van der Waals surface area contributed by atoms with Crippen LogP contribution in [0.5, 0.6) is 0 Å². The van der Waals surface area contributed by atoms with E-state index < -0.39 is 0 Å². The topological polar surface area (TPSA) is 42.1 Å². The van der Waals surface area contributed by atoms with Crippen molar-refractivity contribution in [3.8, 4) is 0 Å². The van der Waals surface area contributed by atoms with Crippen molar-refractivity contribution in [2.75, 3.05) is 6.54 Å². The summed E-state index contributed by atoms with van der Waals surface area (Å²) >= 11 is 0. The van der Waals surface area contributed by atoms with Crippen LogP contribution in [0.3, 0.4) is 0 Å². The van der Waals surface area contributed by atoms with E-state index in [2.05, 4.69) is 23.7 Å². The highest BCUT2D eigenvalue weighted by atomic mass is 19.1. The maximum absolute atomic E-state index is 12.9. The molecule has 19 heavy (non-hydrogen) atoms. The minimum atomic E-state index is -0.275. The summed E-state index contributed by atoms with van der Waals surface area (Å²) in [5, 5.41) is 0. The lowest BCUT2D eigenvalue weighted by atomic mass is 9.90. The Labute approximate surface area is 115 Å². The molecule has 1 aliphatic rings. The number of nitrogens with zero attached hydrogens (tertiary/aromatic N) is 2. The number of rotatable bonds is 4. The van der Waals surface area contributed by atoms with E-state index in [1.165, 1.54) is 12.3 Å². The Morgan fingerprint density at radius 1 is 1.37 bits per heavy atom. The Kier molecular flexibility index (Phi) is 4.88. The van der Waals surface area contributed by atoms with Crippen LogP contribution in [-0.2, 0) is 0 Å². The molecule has 1 aliphatic carbocycles. The van der Waals surface area contributed by atoms with E-state index in [0.717, 1.165) is 37.9 Å². The van der Waals surface area contributed by atoms with Crippen molar-refractivity contribution in [3.63, 3.8) is 0 Å². The zero-order valence-electron chi connectivity index (χ0n) is 11.8. The monoisotopic (exact) mass is 265 g/mol. The number of pyridine rings is 1. The first kappa shape index (κ1) is 14.4. The minimum absolute atomic E-state index is 0.227. The molecule has 2 rings (SSSR count). The van der Waals surface area contributed by atoms with Crippen LogP contribution in [0.1, 0.15) is 51.3 Å². The fourth-order valence-corrected chi connectivity index (χ4v) is 3.09. The molecular weight excluding hydrogens is 241 g/mol. The summed E-state index contributed by atoms with van der Waals surface area (Å²) in [7, 11) is 0. The molecule has 4 heteroatoms. The van der Waals surface area contributed by atoms with Gasteiger partial charge in [0.25, 0.3) is 0 Å². The summed E-state index contributed by atoms with van der Waals surface area (Å²) in [6.07, 6.45) is 5.81. The van der Waals surface area contributed by atoms with Crippen LogP contribution < -0.4 is 5.73 Å². The normalized spacial score (nSPS) is 25.5. The maximum atomic E-state index is 12.9. The van der Waals surface area contributed by atoms with Gasteiger partial charge in [-0.25, -0.2) is 4.39 Å². The molecule has 0 saturated heterocycles. The fraction of sp³-hybridized carbons (Fsp3) is 0.667. The van der Waals surface area contributed by atoms with Crippen LogP contribution in [0.15, 0.2) is 18.3 Å². The zero-order valence-corrected chi connectivity index (χ0v) is 11.8. The predicted molar refractivity (Wildman–Crippen MR) is 75.2 cm³/mol. The van der Waals surface area contributed by atoms with Gasteiger partial charge in [-0.05, 0) is 51.3 Å². The molecule has 0 aliphatic heterocycles. The van der Waals surface area contributed by atoms with Gasteiger partial charge >= 0.3 is 0 Å². The summed E-state index contributed by atoms with van der Waals surface area (Å²) in [5.74, 6) is -0.275. The van der Waals surface area contributed by atoms with Gasteiger partial charge in [-0.1, -0.05) is 6.92 Å². The number of hydrogen-bond donors (Lipinski definition) is 1. The Morgan fingerprint density at radius 3 is 2.58 bits per heavy atom. The third-order valence-electron chi connectivity index (χ3n) is 4.25. The summed E-state index contributed by atoms with van der Waals surface area (Å²) in [5.41, 5.74) is 6.91. The van der Waals surface area contributed by atoms with Crippen LogP contribution >= 0.6 is 0 Å². The number of hydrogen-bond acceptors (Lipinski definition) is 3. The molecule has 1 aromatic heterocycles. The van der Waals surface area contributed by atoms with Gasteiger partial charge in [0.15, 0.2) is 0 Å². The van der Waals surface area contributed by atoms with Crippen LogP contribution in [0.25, 0.3) is 0 Å². The molecule has 1 fully saturated rings. The molecule has 2 N–H and O–H groups in total. The van der Waals surface area contributed by atoms with Crippen molar-refractivity contribution in [1.29, 1.82) is 0 Å². The SMILES string of the molecule is CCN(C1CCC(N)CC1)C(C)c1ccc(F)cn1. The second-order valence-electron chi connectivity index (χ2n) is 5.48. The highest BCUT2D eigenvalue weighted by Gasteiger charge is 2.27. The molecule has 0 radical (unpaired) electrons. The molecule has 3 nitrogen and oxygen atoms in total. The second kappa shape index (κ2) is 6.44. The van der Waals surface area contributed by atoms with Crippen molar-refractivity contribution in [2.24, 2.45) is 5.73 Å².